The van der Waals surface area contributed by atoms with Crippen molar-refractivity contribution < 1.29 is 4.42 Å². The van der Waals surface area contributed by atoms with Gasteiger partial charge in [0, 0.05) is 22.8 Å². The molecule has 0 saturated carbocycles. The van der Waals surface area contributed by atoms with Crippen LogP contribution in [0.2, 0.25) is 0 Å². The molecule has 0 aliphatic heterocycles. The van der Waals surface area contributed by atoms with Crippen LogP contribution in [0.15, 0.2) is 45.9 Å². The molecular formula is C11H9Br2NO. The molecule has 0 aliphatic carbocycles. The van der Waals surface area contributed by atoms with Crippen LogP contribution in [0.25, 0.3) is 0 Å². The van der Waals surface area contributed by atoms with E-state index in [4.69, 9.17) is 4.42 Å². The van der Waals surface area contributed by atoms with E-state index in [9.17, 15) is 0 Å². The van der Waals surface area contributed by atoms with Gasteiger partial charge in [0.2, 0.25) is 0 Å². The van der Waals surface area contributed by atoms with Crippen molar-refractivity contribution in [2.75, 3.05) is 0 Å². The SMILES string of the molecule is Brc1occc1C(Br)Cc1ccncc1. The maximum atomic E-state index is 5.20. The highest BCUT2D eigenvalue weighted by molar-refractivity contribution is 9.10. The summed E-state index contributed by atoms with van der Waals surface area (Å²) in [7, 11) is 0. The maximum absolute atomic E-state index is 5.20. The van der Waals surface area contributed by atoms with Crippen molar-refractivity contribution in [2.45, 2.75) is 11.2 Å². The average Bonchev–Trinajstić information content (AvgIpc) is 2.66. The van der Waals surface area contributed by atoms with Crippen LogP contribution >= 0.6 is 31.9 Å². The first kappa shape index (κ1) is 10.9. The first-order chi connectivity index (χ1) is 7.27. The fourth-order valence-electron chi connectivity index (χ4n) is 1.36. The molecule has 0 radical (unpaired) electrons. The molecule has 0 saturated heterocycles. The molecule has 2 rings (SSSR count). The normalized spacial score (nSPS) is 12.7. The summed E-state index contributed by atoms with van der Waals surface area (Å²) in [5.74, 6) is 0. The van der Waals surface area contributed by atoms with E-state index < -0.39 is 0 Å². The van der Waals surface area contributed by atoms with E-state index in [0.29, 0.717) is 0 Å². The van der Waals surface area contributed by atoms with Crippen molar-refractivity contribution in [1.29, 1.82) is 0 Å². The van der Waals surface area contributed by atoms with Gasteiger partial charge in [-0.3, -0.25) is 4.98 Å². The van der Waals surface area contributed by atoms with Gasteiger partial charge in [-0.05, 0) is 46.1 Å². The predicted molar refractivity (Wildman–Crippen MR) is 66.0 cm³/mol. The van der Waals surface area contributed by atoms with E-state index in [2.05, 4.69) is 36.8 Å². The predicted octanol–water partition coefficient (Wildman–Crippen LogP) is 4.12. The fourth-order valence-corrected chi connectivity index (χ4v) is 2.92. The van der Waals surface area contributed by atoms with Gasteiger partial charge in [-0.2, -0.15) is 0 Å². The van der Waals surface area contributed by atoms with Gasteiger partial charge in [0.25, 0.3) is 0 Å². The van der Waals surface area contributed by atoms with Crippen molar-refractivity contribution >= 4 is 31.9 Å². The van der Waals surface area contributed by atoms with Crippen LogP contribution in [0.3, 0.4) is 0 Å². The summed E-state index contributed by atoms with van der Waals surface area (Å²) in [6, 6.07) is 6.00. The van der Waals surface area contributed by atoms with Gasteiger partial charge in [0.1, 0.15) is 0 Å². The lowest BCUT2D eigenvalue weighted by atomic mass is 10.1. The first-order valence-corrected chi connectivity index (χ1v) is 6.24. The molecule has 15 heavy (non-hydrogen) atoms. The fraction of sp³-hybridized carbons (Fsp3) is 0.182. The summed E-state index contributed by atoms with van der Waals surface area (Å²) in [5.41, 5.74) is 2.38. The van der Waals surface area contributed by atoms with Crippen molar-refractivity contribution in [1.82, 2.24) is 4.98 Å². The minimum Gasteiger partial charge on any atom is -0.457 e. The number of aromatic nitrogens is 1. The van der Waals surface area contributed by atoms with Crippen LogP contribution in [0.5, 0.6) is 0 Å². The molecule has 1 atom stereocenters. The van der Waals surface area contributed by atoms with E-state index in [1.807, 2.05) is 18.2 Å². The third-order valence-electron chi connectivity index (χ3n) is 2.15. The molecular weight excluding hydrogens is 322 g/mol. The number of halogens is 2. The van der Waals surface area contributed by atoms with Crippen LogP contribution in [-0.4, -0.2) is 4.98 Å². The average molecular weight is 331 g/mol. The van der Waals surface area contributed by atoms with Gasteiger partial charge in [0.15, 0.2) is 4.67 Å². The molecule has 2 aromatic rings. The second kappa shape index (κ2) is 4.94. The van der Waals surface area contributed by atoms with Gasteiger partial charge in [-0.15, -0.1) is 0 Å². The van der Waals surface area contributed by atoms with Crippen molar-refractivity contribution in [3.63, 3.8) is 0 Å². The minimum absolute atomic E-state index is 0.257. The van der Waals surface area contributed by atoms with Gasteiger partial charge in [0.05, 0.1) is 6.26 Å². The topological polar surface area (TPSA) is 26.0 Å². The van der Waals surface area contributed by atoms with Gasteiger partial charge in [-0.1, -0.05) is 15.9 Å². The Bertz CT molecular complexity index is 427. The van der Waals surface area contributed by atoms with Gasteiger partial charge in [-0.25, -0.2) is 0 Å². The summed E-state index contributed by atoms with van der Waals surface area (Å²) in [6.07, 6.45) is 6.21. The quantitative estimate of drug-likeness (QED) is 0.791. The van der Waals surface area contributed by atoms with E-state index in [-0.39, 0.29) is 4.83 Å². The van der Waals surface area contributed by atoms with E-state index in [0.717, 1.165) is 16.7 Å². The van der Waals surface area contributed by atoms with E-state index in [1.54, 1.807) is 18.7 Å². The van der Waals surface area contributed by atoms with Crippen molar-refractivity contribution in [2.24, 2.45) is 0 Å². The Hall–Kier alpha value is -0.610. The second-order valence-corrected chi connectivity index (χ2v) is 5.00. The van der Waals surface area contributed by atoms with Gasteiger partial charge >= 0.3 is 0 Å². The molecule has 0 bridgehead atoms. The minimum atomic E-state index is 0.257. The summed E-state index contributed by atoms with van der Waals surface area (Å²) >= 11 is 7.01. The summed E-state index contributed by atoms with van der Waals surface area (Å²) < 4.78 is 5.99. The molecule has 0 spiro atoms. The standard InChI is InChI=1S/C11H9Br2NO/c12-10(9-3-6-15-11(9)13)7-8-1-4-14-5-2-8/h1-6,10H,7H2. The Morgan fingerprint density at radius 1 is 1.27 bits per heavy atom. The molecule has 0 amide bonds. The summed E-state index contributed by atoms with van der Waals surface area (Å²) in [5, 5.41) is 0. The van der Waals surface area contributed by atoms with Crippen LogP contribution < -0.4 is 0 Å². The van der Waals surface area contributed by atoms with E-state index >= 15 is 0 Å². The molecule has 78 valence electrons. The summed E-state index contributed by atoms with van der Waals surface area (Å²) in [4.78, 5) is 4.25. The highest BCUT2D eigenvalue weighted by atomic mass is 79.9. The van der Waals surface area contributed by atoms with Crippen molar-refractivity contribution in [3.05, 3.63) is 52.7 Å². The van der Waals surface area contributed by atoms with Crippen LogP contribution in [0.4, 0.5) is 0 Å². The lowest BCUT2D eigenvalue weighted by Gasteiger charge is -2.07. The molecule has 0 N–H and O–H groups in total. The molecule has 2 aromatic heterocycles. The Morgan fingerprint density at radius 3 is 2.60 bits per heavy atom. The first-order valence-electron chi connectivity index (χ1n) is 4.53. The van der Waals surface area contributed by atoms with Crippen LogP contribution in [0.1, 0.15) is 16.0 Å². The third kappa shape index (κ3) is 2.69. The largest absolute Gasteiger partial charge is 0.457 e. The Morgan fingerprint density at radius 2 is 2.00 bits per heavy atom. The van der Waals surface area contributed by atoms with Crippen molar-refractivity contribution in [3.8, 4) is 0 Å². The Kier molecular flexibility index (Phi) is 3.59. The number of hydrogen-bond acceptors (Lipinski definition) is 2. The number of pyridine rings is 1. The van der Waals surface area contributed by atoms with Crippen LogP contribution in [0, 0.1) is 0 Å². The smallest absolute Gasteiger partial charge is 0.173 e. The molecule has 0 aliphatic rings. The zero-order valence-corrected chi connectivity index (χ0v) is 11.0. The number of furan rings is 1. The van der Waals surface area contributed by atoms with E-state index in [1.165, 1.54) is 5.56 Å². The Balaban J connectivity index is 2.11. The second-order valence-electron chi connectivity index (χ2n) is 3.18. The molecule has 0 aromatic carbocycles. The summed E-state index contributed by atoms with van der Waals surface area (Å²) in [6.45, 7) is 0. The molecule has 0 fully saturated rings. The monoisotopic (exact) mass is 329 g/mol. The number of hydrogen-bond donors (Lipinski definition) is 0. The Labute approximate surface area is 105 Å². The lowest BCUT2D eigenvalue weighted by Crippen LogP contribution is -1.94. The zero-order valence-electron chi connectivity index (χ0n) is 7.86. The highest BCUT2D eigenvalue weighted by Crippen LogP contribution is 2.32. The van der Waals surface area contributed by atoms with Gasteiger partial charge < -0.3 is 4.42 Å². The number of rotatable bonds is 3. The van der Waals surface area contributed by atoms with Crippen LogP contribution in [-0.2, 0) is 6.42 Å². The lowest BCUT2D eigenvalue weighted by molar-refractivity contribution is 0.536. The maximum Gasteiger partial charge on any atom is 0.173 e. The number of alkyl halides is 1. The molecule has 2 nitrogen and oxygen atoms in total. The molecule has 1 unspecified atom stereocenters. The highest BCUT2D eigenvalue weighted by Gasteiger charge is 2.13. The molecule has 4 heteroatoms. The zero-order chi connectivity index (χ0) is 10.7. The third-order valence-corrected chi connectivity index (χ3v) is 3.61. The molecule has 2 heterocycles. The number of nitrogens with zero attached hydrogens (tertiary/aromatic N) is 1.